The van der Waals surface area contributed by atoms with E-state index in [0.717, 1.165) is 42.5 Å². The van der Waals surface area contributed by atoms with E-state index >= 15 is 0 Å². The fourth-order valence-corrected chi connectivity index (χ4v) is 3.11. The molecular formula is C15H26ClN3O. The smallest absolute Gasteiger partial charge is 0.0863 e. The number of halogens is 1. The standard InChI is InChI=1S/C15H26ClN3O/c1-3-13-15(16)14(19(2)18-13)11-17-9-10-20-12-7-5-4-6-8-12/h12,17H,3-11H2,1-2H3. The highest BCUT2D eigenvalue weighted by Crippen LogP contribution is 2.21. The maximum absolute atomic E-state index is 6.31. The van der Waals surface area contributed by atoms with Crippen molar-refractivity contribution in [3.63, 3.8) is 0 Å². The lowest BCUT2D eigenvalue weighted by Crippen LogP contribution is -2.25. The Labute approximate surface area is 126 Å². The Morgan fingerprint density at radius 3 is 2.75 bits per heavy atom. The Balaban J connectivity index is 1.66. The Kier molecular flexibility index (Phi) is 6.33. The van der Waals surface area contributed by atoms with Gasteiger partial charge >= 0.3 is 0 Å². The average molecular weight is 300 g/mol. The molecule has 1 aliphatic carbocycles. The van der Waals surface area contributed by atoms with Gasteiger partial charge in [0.15, 0.2) is 0 Å². The quantitative estimate of drug-likeness (QED) is 0.787. The average Bonchev–Trinajstić information content (AvgIpc) is 2.75. The first-order valence-corrected chi connectivity index (χ1v) is 8.12. The summed E-state index contributed by atoms with van der Waals surface area (Å²) in [6.45, 7) is 4.46. The summed E-state index contributed by atoms with van der Waals surface area (Å²) in [6.07, 6.45) is 7.83. The summed E-state index contributed by atoms with van der Waals surface area (Å²) in [4.78, 5) is 0. The molecule has 0 radical (unpaired) electrons. The van der Waals surface area contributed by atoms with Gasteiger partial charge in [0.25, 0.3) is 0 Å². The molecule has 0 saturated heterocycles. The predicted molar refractivity (Wildman–Crippen MR) is 82.1 cm³/mol. The molecule has 0 aliphatic heterocycles. The third-order valence-electron chi connectivity index (χ3n) is 3.98. The van der Waals surface area contributed by atoms with E-state index in [1.165, 1.54) is 32.1 Å². The van der Waals surface area contributed by atoms with E-state index in [1.807, 2.05) is 11.7 Å². The largest absolute Gasteiger partial charge is 0.377 e. The van der Waals surface area contributed by atoms with Crippen molar-refractivity contribution >= 4 is 11.6 Å². The summed E-state index contributed by atoms with van der Waals surface area (Å²) in [5, 5.41) is 8.61. The summed E-state index contributed by atoms with van der Waals surface area (Å²) in [5.74, 6) is 0. The van der Waals surface area contributed by atoms with Gasteiger partial charge in [-0.15, -0.1) is 0 Å². The van der Waals surface area contributed by atoms with Gasteiger partial charge in [0.1, 0.15) is 0 Å². The minimum atomic E-state index is 0.484. The van der Waals surface area contributed by atoms with Gasteiger partial charge in [-0.3, -0.25) is 4.68 Å². The van der Waals surface area contributed by atoms with E-state index in [4.69, 9.17) is 16.3 Å². The van der Waals surface area contributed by atoms with Crippen LogP contribution in [0.4, 0.5) is 0 Å². The van der Waals surface area contributed by atoms with Crippen molar-refractivity contribution in [2.24, 2.45) is 7.05 Å². The number of hydrogen-bond donors (Lipinski definition) is 1. The molecular weight excluding hydrogens is 274 g/mol. The van der Waals surface area contributed by atoms with Gasteiger partial charge in [0.2, 0.25) is 0 Å². The maximum Gasteiger partial charge on any atom is 0.0863 e. The number of aryl methyl sites for hydroxylation is 2. The normalized spacial score (nSPS) is 16.8. The summed E-state index contributed by atoms with van der Waals surface area (Å²) >= 11 is 6.31. The summed E-state index contributed by atoms with van der Waals surface area (Å²) in [6, 6.07) is 0. The Morgan fingerprint density at radius 1 is 1.35 bits per heavy atom. The van der Waals surface area contributed by atoms with Crippen LogP contribution in [-0.4, -0.2) is 29.0 Å². The Bertz CT molecular complexity index is 413. The van der Waals surface area contributed by atoms with Crippen molar-refractivity contribution in [2.75, 3.05) is 13.2 Å². The van der Waals surface area contributed by atoms with Crippen LogP contribution in [0.5, 0.6) is 0 Å². The zero-order valence-corrected chi connectivity index (χ0v) is 13.4. The second-order valence-electron chi connectivity index (χ2n) is 5.49. The first-order valence-electron chi connectivity index (χ1n) is 7.75. The molecule has 1 heterocycles. The molecule has 0 unspecified atom stereocenters. The second-order valence-corrected chi connectivity index (χ2v) is 5.87. The van der Waals surface area contributed by atoms with Crippen molar-refractivity contribution < 1.29 is 4.74 Å². The molecule has 1 aromatic heterocycles. The van der Waals surface area contributed by atoms with Crippen molar-refractivity contribution in [3.8, 4) is 0 Å². The van der Waals surface area contributed by atoms with Gasteiger partial charge in [-0.1, -0.05) is 37.8 Å². The molecule has 4 nitrogen and oxygen atoms in total. The molecule has 2 rings (SSSR count). The number of rotatable bonds is 7. The number of ether oxygens (including phenoxy) is 1. The summed E-state index contributed by atoms with van der Waals surface area (Å²) in [7, 11) is 1.95. The highest BCUT2D eigenvalue weighted by Gasteiger charge is 2.14. The molecule has 1 N–H and O–H groups in total. The molecule has 1 saturated carbocycles. The molecule has 0 spiro atoms. The minimum absolute atomic E-state index is 0.484. The zero-order valence-electron chi connectivity index (χ0n) is 12.6. The monoisotopic (exact) mass is 299 g/mol. The summed E-state index contributed by atoms with van der Waals surface area (Å²) in [5.41, 5.74) is 2.03. The van der Waals surface area contributed by atoms with Gasteiger partial charge in [0, 0.05) is 20.1 Å². The van der Waals surface area contributed by atoms with E-state index in [1.54, 1.807) is 0 Å². The zero-order chi connectivity index (χ0) is 14.4. The van der Waals surface area contributed by atoms with Gasteiger partial charge in [0.05, 0.1) is 29.1 Å². The molecule has 0 amide bonds. The molecule has 1 aromatic rings. The van der Waals surface area contributed by atoms with Crippen LogP contribution in [0.15, 0.2) is 0 Å². The second kappa shape index (κ2) is 8.01. The number of nitrogens with zero attached hydrogens (tertiary/aromatic N) is 2. The van der Waals surface area contributed by atoms with Crippen LogP contribution in [0.3, 0.4) is 0 Å². The van der Waals surface area contributed by atoms with E-state index in [0.29, 0.717) is 6.10 Å². The first-order chi connectivity index (χ1) is 9.72. The molecule has 114 valence electrons. The third-order valence-corrected chi connectivity index (χ3v) is 4.42. The highest BCUT2D eigenvalue weighted by atomic mass is 35.5. The number of nitrogens with one attached hydrogen (secondary N) is 1. The lowest BCUT2D eigenvalue weighted by molar-refractivity contribution is 0.0302. The van der Waals surface area contributed by atoms with Crippen molar-refractivity contribution in [1.29, 1.82) is 0 Å². The highest BCUT2D eigenvalue weighted by molar-refractivity contribution is 6.31. The Hall–Kier alpha value is -0.580. The van der Waals surface area contributed by atoms with Crippen LogP contribution in [0, 0.1) is 0 Å². The van der Waals surface area contributed by atoms with Gasteiger partial charge < -0.3 is 10.1 Å². The number of aromatic nitrogens is 2. The van der Waals surface area contributed by atoms with Gasteiger partial charge in [-0.25, -0.2) is 0 Å². The van der Waals surface area contributed by atoms with Crippen molar-refractivity contribution in [1.82, 2.24) is 15.1 Å². The molecule has 20 heavy (non-hydrogen) atoms. The number of hydrogen-bond acceptors (Lipinski definition) is 3. The lowest BCUT2D eigenvalue weighted by Gasteiger charge is -2.22. The van der Waals surface area contributed by atoms with Crippen molar-refractivity contribution in [3.05, 3.63) is 16.4 Å². The molecule has 0 atom stereocenters. The van der Waals surface area contributed by atoms with E-state index in [9.17, 15) is 0 Å². The topological polar surface area (TPSA) is 39.1 Å². The van der Waals surface area contributed by atoms with Crippen LogP contribution >= 0.6 is 11.6 Å². The van der Waals surface area contributed by atoms with Crippen LogP contribution in [0.2, 0.25) is 5.02 Å². The first kappa shape index (κ1) is 15.8. The van der Waals surface area contributed by atoms with Crippen LogP contribution < -0.4 is 5.32 Å². The van der Waals surface area contributed by atoms with Crippen LogP contribution in [0.1, 0.15) is 50.4 Å². The van der Waals surface area contributed by atoms with Crippen LogP contribution in [-0.2, 0) is 24.8 Å². The third kappa shape index (κ3) is 4.21. The predicted octanol–water partition coefficient (Wildman–Crippen LogP) is 3.07. The fraction of sp³-hybridized carbons (Fsp3) is 0.800. The van der Waals surface area contributed by atoms with Gasteiger partial charge in [-0.05, 0) is 19.3 Å². The molecule has 0 bridgehead atoms. The van der Waals surface area contributed by atoms with E-state index < -0.39 is 0 Å². The van der Waals surface area contributed by atoms with Crippen molar-refractivity contribution in [2.45, 2.75) is 58.1 Å². The molecule has 1 aliphatic rings. The van der Waals surface area contributed by atoms with E-state index in [-0.39, 0.29) is 0 Å². The fourth-order valence-electron chi connectivity index (χ4n) is 2.75. The molecule has 5 heteroatoms. The van der Waals surface area contributed by atoms with Crippen LogP contribution in [0.25, 0.3) is 0 Å². The molecule has 1 fully saturated rings. The maximum atomic E-state index is 6.31. The SMILES string of the molecule is CCc1nn(C)c(CNCCOC2CCCCC2)c1Cl. The Morgan fingerprint density at radius 2 is 2.10 bits per heavy atom. The summed E-state index contributed by atoms with van der Waals surface area (Å²) < 4.78 is 7.76. The van der Waals surface area contributed by atoms with Gasteiger partial charge in [-0.2, -0.15) is 5.10 Å². The minimum Gasteiger partial charge on any atom is -0.377 e. The van der Waals surface area contributed by atoms with E-state index in [2.05, 4.69) is 17.3 Å². The molecule has 0 aromatic carbocycles. The lowest BCUT2D eigenvalue weighted by atomic mass is 9.98.